The summed E-state index contributed by atoms with van der Waals surface area (Å²) < 4.78 is 38.8. The van der Waals surface area contributed by atoms with E-state index >= 15 is 0 Å². The molecule has 1 aliphatic heterocycles. The van der Waals surface area contributed by atoms with Crippen molar-refractivity contribution in [1.29, 1.82) is 0 Å². The van der Waals surface area contributed by atoms with Crippen molar-refractivity contribution in [2.45, 2.75) is 63.7 Å². The smallest absolute Gasteiger partial charge is 0.369 e. The highest BCUT2D eigenvalue weighted by atomic mass is 19.4. The summed E-state index contributed by atoms with van der Waals surface area (Å²) in [6, 6.07) is 5.54. The zero-order chi connectivity index (χ0) is 20.1. The monoisotopic (exact) mass is 397 g/mol. The van der Waals surface area contributed by atoms with Crippen LogP contribution in [0.2, 0.25) is 0 Å². The van der Waals surface area contributed by atoms with E-state index in [1.54, 1.807) is 6.07 Å². The highest BCUT2D eigenvalue weighted by Crippen LogP contribution is 2.32. The second kappa shape index (κ2) is 9.16. The molecule has 1 N–H and O–H groups in total. The molecule has 1 saturated carbocycles. The van der Waals surface area contributed by atoms with Gasteiger partial charge >= 0.3 is 6.18 Å². The van der Waals surface area contributed by atoms with E-state index in [1.807, 2.05) is 11.8 Å². The van der Waals surface area contributed by atoms with E-state index in [1.165, 1.54) is 37.8 Å². The Labute approximate surface area is 165 Å². The number of benzene rings is 1. The number of amides is 1. The highest BCUT2D eigenvalue weighted by Gasteiger charge is 2.32. The van der Waals surface area contributed by atoms with Crippen molar-refractivity contribution in [2.75, 3.05) is 31.1 Å². The van der Waals surface area contributed by atoms with E-state index in [9.17, 15) is 18.0 Å². The maximum Gasteiger partial charge on any atom is 0.416 e. The molecule has 1 saturated heterocycles. The number of alkyl halides is 3. The van der Waals surface area contributed by atoms with Gasteiger partial charge in [0.25, 0.3) is 0 Å². The molecule has 1 heterocycles. The van der Waals surface area contributed by atoms with Gasteiger partial charge in [0.1, 0.15) is 0 Å². The Morgan fingerprint density at radius 3 is 2.32 bits per heavy atom. The molecule has 2 aliphatic rings. The topological polar surface area (TPSA) is 35.6 Å². The average Bonchev–Trinajstić information content (AvgIpc) is 2.95. The molecule has 0 bridgehead atoms. The second-order valence-corrected chi connectivity index (χ2v) is 7.94. The summed E-state index contributed by atoms with van der Waals surface area (Å²) in [6.07, 6.45) is 2.63. The molecule has 2 fully saturated rings. The van der Waals surface area contributed by atoms with Gasteiger partial charge in [-0.15, -0.1) is 0 Å². The van der Waals surface area contributed by atoms with E-state index in [0.29, 0.717) is 31.9 Å². The standard InChI is InChI=1S/C21H30F3N3O/c1-16(20(28)25-18-8-4-2-3-5-9-18)26-11-13-27(14-12-26)19-10-6-7-17(15-19)21(22,23)24/h6-7,10,15-16,18H,2-5,8-9,11-14H2,1H3,(H,25,28)/t16-/m1/s1. The first-order chi connectivity index (χ1) is 13.3. The van der Waals surface area contributed by atoms with Crippen LogP contribution in [-0.2, 0) is 11.0 Å². The van der Waals surface area contributed by atoms with Crippen LogP contribution in [0.1, 0.15) is 51.0 Å². The van der Waals surface area contributed by atoms with Crippen molar-refractivity contribution in [3.8, 4) is 0 Å². The van der Waals surface area contributed by atoms with Gasteiger partial charge in [-0.3, -0.25) is 9.69 Å². The molecule has 0 spiro atoms. The number of carbonyl (C=O) groups excluding carboxylic acids is 1. The first-order valence-corrected chi connectivity index (χ1v) is 10.3. The molecular weight excluding hydrogens is 367 g/mol. The molecule has 4 nitrogen and oxygen atoms in total. The van der Waals surface area contributed by atoms with Crippen molar-refractivity contribution < 1.29 is 18.0 Å². The molecule has 28 heavy (non-hydrogen) atoms. The third kappa shape index (κ3) is 5.40. The molecule has 1 amide bonds. The average molecular weight is 397 g/mol. The third-order valence-electron chi connectivity index (χ3n) is 5.98. The summed E-state index contributed by atoms with van der Waals surface area (Å²) in [5.74, 6) is 0.0689. The Balaban J connectivity index is 1.52. The van der Waals surface area contributed by atoms with Gasteiger partial charge in [0, 0.05) is 37.9 Å². The summed E-state index contributed by atoms with van der Waals surface area (Å²) >= 11 is 0. The van der Waals surface area contributed by atoms with Gasteiger partial charge < -0.3 is 10.2 Å². The molecule has 0 radical (unpaired) electrons. The van der Waals surface area contributed by atoms with Crippen molar-refractivity contribution in [2.24, 2.45) is 0 Å². The molecule has 156 valence electrons. The molecule has 7 heteroatoms. The minimum absolute atomic E-state index is 0.0689. The van der Waals surface area contributed by atoms with E-state index in [-0.39, 0.29) is 18.0 Å². The number of anilines is 1. The van der Waals surface area contributed by atoms with Crippen LogP contribution in [-0.4, -0.2) is 49.1 Å². The molecule has 3 rings (SSSR count). The molecule has 0 unspecified atom stereocenters. The minimum atomic E-state index is -4.33. The van der Waals surface area contributed by atoms with Crippen LogP contribution < -0.4 is 10.2 Å². The van der Waals surface area contributed by atoms with Crippen LogP contribution in [0, 0.1) is 0 Å². The quantitative estimate of drug-likeness (QED) is 0.779. The highest BCUT2D eigenvalue weighted by molar-refractivity contribution is 5.81. The van der Waals surface area contributed by atoms with Crippen LogP contribution >= 0.6 is 0 Å². The Morgan fingerprint density at radius 2 is 1.71 bits per heavy atom. The Kier molecular flexibility index (Phi) is 6.86. The van der Waals surface area contributed by atoms with E-state index in [0.717, 1.165) is 18.9 Å². The Morgan fingerprint density at radius 1 is 1.07 bits per heavy atom. The normalized spacial score (nSPS) is 21.2. The molecule has 0 aromatic heterocycles. The Hall–Kier alpha value is -1.76. The fraction of sp³-hybridized carbons (Fsp3) is 0.667. The van der Waals surface area contributed by atoms with Gasteiger partial charge in [-0.05, 0) is 38.0 Å². The maximum atomic E-state index is 12.9. The predicted molar refractivity (Wildman–Crippen MR) is 104 cm³/mol. The summed E-state index contributed by atoms with van der Waals surface area (Å²) in [7, 11) is 0. The zero-order valence-electron chi connectivity index (χ0n) is 16.5. The SMILES string of the molecule is C[C@H](C(=O)NC1CCCCCC1)N1CCN(c2cccc(C(F)(F)F)c2)CC1. The number of nitrogens with one attached hydrogen (secondary N) is 1. The number of piperazine rings is 1. The van der Waals surface area contributed by atoms with Crippen molar-refractivity contribution >= 4 is 11.6 Å². The third-order valence-corrected chi connectivity index (χ3v) is 5.98. The van der Waals surface area contributed by atoms with Crippen molar-refractivity contribution in [3.05, 3.63) is 29.8 Å². The number of carbonyl (C=O) groups is 1. The Bertz CT molecular complexity index is 649. The van der Waals surface area contributed by atoms with Gasteiger partial charge in [-0.25, -0.2) is 0 Å². The van der Waals surface area contributed by atoms with Gasteiger partial charge in [-0.2, -0.15) is 13.2 Å². The minimum Gasteiger partial charge on any atom is -0.369 e. The molecule has 1 aromatic rings. The number of nitrogens with zero attached hydrogens (tertiary/aromatic N) is 2. The molecular formula is C21H30F3N3O. The number of hydrogen-bond acceptors (Lipinski definition) is 3. The lowest BCUT2D eigenvalue weighted by Gasteiger charge is -2.39. The lowest BCUT2D eigenvalue weighted by Crippen LogP contribution is -2.55. The van der Waals surface area contributed by atoms with Crippen LogP contribution in [0.3, 0.4) is 0 Å². The van der Waals surface area contributed by atoms with E-state index in [2.05, 4.69) is 10.2 Å². The fourth-order valence-electron chi connectivity index (χ4n) is 4.16. The summed E-state index contributed by atoms with van der Waals surface area (Å²) in [4.78, 5) is 16.7. The number of rotatable bonds is 4. The predicted octanol–water partition coefficient (Wildman–Crippen LogP) is 4.05. The van der Waals surface area contributed by atoms with E-state index in [4.69, 9.17) is 0 Å². The maximum absolute atomic E-state index is 12.9. The zero-order valence-corrected chi connectivity index (χ0v) is 16.5. The summed E-state index contributed by atoms with van der Waals surface area (Å²) in [6.45, 7) is 4.47. The van der Waals surface area contributed by atoms with Crippen molar-refractivity contribution in [1.82, 2.24) is 10.2 Å². The van der Waals surface area contributed by atoms with Crippen LogP contribution in [0.4, 0.5) is 18.9 Å². The summed E-state index contributed by atoms with van der Waals surface area (Å²) in [5, 5.41) is 3.20. The number of hydrogen-bond donors (Lipinski definition) is 1. The molecule has 1 aliphatic carbocycles. The van der Waals surface area contributed by atoms with Gasteiger partial charge in [0.2, 0.25) is 5.91 Å². The van der Waals surface area contributed by atoms with Crippen LogP contribution in [0.15, 0.2) is 24.3 Å². The first-order valence-electron chi connectivity index (χ1n) is 10.3. The molecule has 1 aromatic carbocycles. The van der Waals surface area contributed by atoms with Gasteiger partial charge in [0.15, 0.2) is 0 Å². The lowest BCUT2D eigenvalue weighted by molar-refractivity contribution is -0.137. The van der Waals surface area contributed by atoms with Gasteiger partial charge in [0.05, 0.1) is 11.6 Å². The van der Waals surface area contributed by atoms with Crippen LogP contribution in [0.5, 0.6) is 0 Å². The van der Waals surface area contributed by atoms with E-state index < -0.39 is 11.7 Å². The summed E-state index contributed by atoms with van der Waals surface area (Å²) in [5.41, 5.74) is -0.0337. The van der Waals surface area contributed by atoms with Gasteiger partial charge in [-0.1, -0.05) is 31.7 Å². The first kappa shape index (κ1) is 21.0. The van der Waals surface area contributed by atoms with Crippen molar-refractivity contribution in [3.63, 3.8) is 0 Å². The molecule has 1 atom stereocenters. The van der Waals surface area contributed by atoms with Crippen LogP contribution in [0.25, 0.3) is 0 Å². The fourth-order valence-corrected chi connectivity index (χ4v) is 4.16. The lowest BCUT2D eigenvalue weighted by atomic mass is 10.1. The largest absolute Gasteiger partial charge is 0.416 e. The number of halogens is 3. The second-order valence-electron chi connectivity index (χ2n) is 7.94.